The Labute approximate surface area is 405 Å². The number of halogens is 2. The van der Waals surface area contributed by atoms with E-state index in [1.165, 1.54) is 69.0 Å². The molecule has 0 aliphatic heterocycles. The number of nitrogens with zero attached hydrogens (tertiary/aromatic N) is 4. The molecule has 4 nitrogen and oxygen atoms in total. The smallest absolute Gasteiger partial charge is 0.145 e. The number of imidazole rings is 2. The summed E-state index contributed by atoms with van der Waals surface area (Å²) in [5.41, 5.74) is 19.5. The molecule has 0 amide bonds. The Morgan fingerprint density at radius 1 is 0.362 bits per heavy atom. The van der Waals surface area contributed by atoms with Crippen LogP contribution in [0.1, 0.15) is 112 Å². The van der Waals surface area contributed by atoms with Crippen molar-refractivity contribution in [2.45, 2.75) is 85.5 Å². The highest BCUT2D eigenvalue weighted by Crippen LogP contribution is 2.41. The maximum absolute atomic E-state index is 14.0. The van der Waals surface area contributed by atoms with E-state index in [-0.39, 0.29) is 35.3 Å². The van der Waals surface area contributed by atoms with Gasteiger partial charge < -0.3 is 0 Å². The number of rotatable bonds is 12. The predicted molar refractivity (Wildman–Crippen MR) is 283 cm³/mol. The van der Waals surface area contributed by atoms with E-state index < -0.39 is 0 Å². The molecule has 69 heavy (non-hydrogen) atoms. The molecular weight excluding hydrogens is 851 g/mol. The van der Waals surface area contributed by atoms with Crippen molar-refractivity contribution in [1.82, 2.24) is 19.1 Å². The molecule has 0 saturated heterocycles. The highest BCUT2D eigenvalue weighted by atomic mass is 19.1. The van der Waals surface area contributed by atoms with Crippen LogP contribution in [0, 0.1) is 11.6 Å². The molecular formula is C63H58F2N4. The second kappa shape index (κ2) is 18.6. The molecule has 0 N–H and O–H groups in total. The van der Waals surface area contributed by atoms with Gasteiger partial charge in [-0.3, -0.25) is 9.13 Å². The van der Waals surface area contributed by atoms with Gasteiger partial charge in [-0.1, -0.05) is 165 Å². The van der Waals surface area contributed by atoms with Crippen molar-refractivity contribution in [3.8, 4) is 56.4 Å². The third-order valence-electron chi connectivity index (χ3n) is 13.6. The lowest BCUT2D eigenvalue weighted by atomic mass is 9.92. The van der Waals surface area contributed by atoms with Crippen molar-refractivity contribution >= 4 is 22.1 Å². The van der Waals surface area contributed by atoms with Crippen molar-refractivity contribution in [3.05, 3.63) is 215 Å². The maximum atomic E-state index is 14.0. The van der Waals surface area contributed by atoms with Gasteiger partial charge in [-0.25, -0.2) is 18.7 Å². The summed E-state index contributed by atoms with van der Waals surface area (Å²) < 4.78 is 32.7. The van der Waals surface area contributed by atoms with Gasteiger partial charge in [0.15, 0.2) is 0 Å². The third-order valence-corrected chi connectivity index (χ3v) is 13.6. The molecule has 0 saturated carbocycles. The van der Waals surface area contributed by atoms with Gasteiger partial charge in [0.2, 0.25) is 0 Å². The van der Waals surface area contributed by atoms with Gasteiger partial charge in [-0.15, -0.1) is 0 Å². The SMILES string of the molecule is CC(C)c1cccc(C(C)C)c1-n1c(-c2cccc(Cc3cccc(-c4nc5cc(-c6ccc(F)cc6)ccc5n4-c4c(C(C)C)cccc4C(C)C)c3)c2)nc2cc(-c3ccc(F)cc3)ccc21. The van der Waals surface area contributed by atoms with Crippen molar-refractivity contribution in [3.63, 3.8) is 0 Å². The number of hydrogen-bond donors (Lipinski definition) is 0. The van der Waals surface area contributed by atoms with Crippen LogP contribution in [0.4, 0.5) is 8.78 Å². The molecule has 0 radical (unpaired) electrons. The lowest BCUT2D eigenvalue weighted by molar-refractivity contribution is 0.627. The first-order chi connectivity index (χ1) is 33.3. The van der Waals surface area contributed by atoms with Crippen LogP contribution in [0.2, 0.25) is 0 Å². The average Bonchev–Trinajstić information content (AvgIpc) is 3.92. The fourth-order valence-corrected chi connectivity index (χ4v) is 10.1. The molecule has 2 aromatic heterocycles. The summed E-state index contributed by atoms with van der Waals surface area (Å²) in [4.78, 5) is 10.9. The van der Waals surface area contributed by atoms with E-state index in [4.69, 9.17) is 9.97 Å². The summed E-state index contributed by atoms with van der Waals surface area (Å²) in [6.07, 6.45) is 0.700. The zero-order valence-electron chi connectivity index (χ0n) is 40.7. The van der Waals surface area contributed by atoms with Crippen LogP contribution in [0.25, 0.3) is 78.5 Å². The van der Waals surface area contributed by atoms with Crippen molar-refractivity contribution in [2.75, 3.05) is 0 Å². The summed E-state index contributed by atoms with van der Waals surface area (Å²) >= 11 is 0. The number of aromatic nitrogens is 4. The highest BCUT2D eigenvalue weighted by molar-refractivity contribution is 5.90. The number of benzene rings is 8. The minimum absolute atomic E-state index is 0.255. The summed E-state index contributed by atoms with van der Waals surface area (Å²) in [5.74, 6) is 2.37. The van der Waals surface area contributed by atoms with Crippen molar-refractivity contribution in [2.24, 2.45) is 0 Å². The Morgan fingerprint density at radius 3 is 1.04 bits per heavy atom. The Kier molecular flexibility index (Phi) is 12.2. The second-order valence-corrected chi connectivity index (χ2v) is 19.7. The summed E-state index contributed by atoms with van der Waals surface area (Å²) in [7, 11) is 0. The lowest BCUT2D eigenvalue weighted by Gasteiger charge is -2.23. The summed E-state index contributed by atoms with van der Waals surface area (Å²) in [6, 6.07) is 57.2. The van der Waals surface area contributed by atoms with E-state index in [9.17, 15) is 8.78 Å². The van der Waals surface area contributed by atoms with Crippen LogP contribution < -0.4 is 0 Å². The van der Waals surface area contributed by atoms with Gasteiger partial charge >= 0.3 is 0 Å². The molecule has 0 bridgehead atoms. The van der Waals surface area contributed by atoms with E-state index in [0.717, 1.165) is 67.1 Å². The van der Waals surface area contributed by atoms with E-state index in [0.29, 0.717) is 6.42 Å². The van der Waals surface area contributed by atoms with Gasteiger partial charge in [0.05, 0.1) is 33.4 Å². The van der Waals surface area contributed by atoms with Crippen molar-refractivity contribution in [1.29, 1.82) is 0 Å². The molecule has 0 aliphatic carbocycles. The van der Waals surface area contributed by atoms with Crippen LogP contribution in [-0.2, 0) is 6.42 Å². The van der Waals surface area contributed by atoms with Crippen molar-refractivity contribution < 1.29 is 8.78 Å². The normalized spacial score (nSPS) is 11.9. The number of hydrogen-bond acceptors (Lipinski definition) is 2. The van der Waals surface area contributed by atoms with Crippen LogP contribution in [0.3, 0.4) is 0 Å². The maximum Gasteiger partial charge on any atom is 0.145 e. The topological polar surface area (TPSA) is 35.6 Å². The lowest BCUT2D eigenvalue weighted by Crippen LogP contribution is -2.08. The Bertz CT molecular complexity index is 3210. The Balaban J connectivity index is 1.10. The monoisotopic (exact) mass is 908 g/mol. The molecule has 10 rings (SSSR count). The fraction of sp³-hybridized carbons (Fsp3) is 0.206. The quantitative estimate of drug-likeness (QED) is 0.122. The third kappa shape index (κ3) is 8.69. The van der Waals surface area contributed by atoms with E-state index in [1.807, 2.05) is 24.3 Å². The summed E-state index contributed by atoms with van der Waals surface area (Å²) in [6.45, 7) is 18.1. The molecule has 10 aromatic rings. The first-order valence-electron chi connectivity index (χ1n) is 24.3. The van der Waals surface area contributed by atoms with E-state index in [1.54, 1.807) is 0 Å². The van der Waals surface area contributed by atoms with Gasteiger partial charge in [0, 0.05) is 11.1 Å². The molecule has 8 aromatic carbocycles. The minimum Gasteiger partial charge on any atom is -0.292 e. The number of fused-ring (bicyclic) bond motifs is 2. The van der Waals surface area contributed by atoms with Crippen LogP contribution in [0.15, 0.2) is 170 Å². The largest absolute Gasteiger partial charge is 0.292 e. The van der Waals surface area contributed by atoms with Gasteiger partial charge in [-0.05, 0) is 146 Å². The molecule has 0 aliphatic rings. The van der Waals surface area contributed by atoms with Gasteiger partial charge in [-0.2, -0.15) is 0 Å². The van der Waals surface area contributed by atoms with Crippen LogP contribution >= 0.6 is 0 Å². The molecule has 0 spiro atoms. The zero-order valence-corrected chi connectivity index (χ0v) is 40.7. The zero-order chi connectivity index (χ0) is 48.1. The molecule has 6 heteroatoms. The van der Waals surface area contributed by atoms with Crippen LogP contribution in [0.5, 0.6) is 0 Å². The first-order valence-corrected chi connectivity index (χ1v) is 24.3. The van der Waals surface area contributed by atoms with Gasteiger partial charge in [0.1, 0.15) is 23.3 Å². The van der Waals surface area contributed by atoms with Crippen LogP contribution in [-0.4, -0.2) is 19.1 Å². The molecule has 0 unspecified atom stereocenters. The summed E-state index contributed by atoms with van der Waals surface area (Å²) in [5, 5.41) is 0. The fourth-order valence-electron chi connectivity index (χ4n) is 10.1. The standard InChI is InChI=1S/C63H58F2N4/c1-38(2)52-17-11-18-53(39(3)4)60(52)68-58-31-25-46(44-21-27-50(64)28-22-44)36-56(58)66-62(68)48-15-9-13-42(34-48)33-43-14-10-16-49(35-43)63-67-57-37-47(45-23-29-51(65)30-24-45)26-32-59(57)69(63)61-54(40(5)6)19-12-20-55(61)41(7)8/h9-32,34-41H,33H2,1-8H3. The molecule has 344 valence electrons. The molecule has 0 fully saturated rings. The van der Waals surface area contributed by atoms with E-state index >= 15 is 0 Å². The minimum atomic E-state index is -0.255. The highest BCUT2D eigenvalue weighted by Gasteiger charge is 2.25. The first kappa shape index (κ1) is 45.3. The Hall–Kier alpha value is -7.44. The Morgan fingerprint density at radius 2 is 0.696 bits per heavy atom. The molecule has 0 atom stereocenters. The van der Waals surface area contributed by atoms with Gasteiger partial charge in [0.25, 0.3) is 0 Å². The van der Waals surface area contributed by atoms with E-state index in [2.05, 4.69) is 186 Å². The predicted octanol–water partition coefficient (Wildman–Crippen LogP) is 17.4. The second-order valence-electron chi connectivity index (χ2n) is 19.7. The molecule has 2 heterocycles. The average molecular weight is 909 g/mol. The number of para-hydroxylation sites is 2.